The molecule has 0 saturated carbocycles. The van der Waals surface area contributed by atoms with E-state index in [0.29, 0.717) is 31.9 Å². The van der Waals surface area contributed by atoms with Gasteiger partial charge in [-0.15, -0.1) is 11.3 Å². The number of amidine groups is 1. The highest BCUT2D eigenvalue weighted by Gasteiger charge is 2.27. The van der Waals surface area contributed by atoms with Crippen molar-refractivity contribution >= 4 is 23.1 Å². The maximum atomic E-state index is 12.2. The minimum absolute atomic E-state index is 0.0227. The lowest BCUT2D eigenvalue weighted by Crippen LogP contribution is -2.54. The average molecular weight is 297 g/mol. The molecule has 0 aromatic carbocycles. The number of nitrogens with zero attached hydrogens (tertiary/aromatic N) is 4. The molecule has 8 heteroatoms. The molecule has 1 amide bonds. The molecule has 0 radical (unpaired) electrons. The molecule has 0 spiro atoms. The van der Waals surface area contributed by atoms with Gasteiger partial charge >= 0.3 is 0 Å². The lowest BCUT2D eigenvalue weighted by molar-refractivity contribution is 0.0614. The molecule has 110 valence electrons. The van der Waals surface area contributed by atoms with E-state index in [0.717, 1.165) is 5.01 Å². The number of oxime groups is 1. The van der Waals surface area contributed by atoms with Gasteiger partial charge in [0.05, 0.1) is 11.0 Å². The molecule has 2 rings (SSSR count). The topological polar surface area (TPSA) is 95.1 Å². The van der Waals surface area contributed by atoms with Crippen molar-refractivity contribution in [1.82, 2.24) is 14.8 Å². The number of hydrogen-bond acceptors (Lipinski definition) is 6. The normalized spacial score (nSPS) is 19.1. The van der Waals surface area contributed by atoms with Crippen LogP contribution in [-0.2, 0) is 0 Å². The number of rotatable bonds is 3. The van der Waals surface area contributed by atoms with Crippen LogP contribution in [0.15, 0.2) is 10.5 Å². The molecule has 3 N–H and O–H groups in total. The van der Waals surface area contributed by atoms with Crippen molar-refractivity contribution < 1.29 is 10.0 Å². The largest absolute Gasteiger partial charge is 0.409 e. The van der Waals surface area contributed by atoms with Gasteiger partial charge < -0.3 is 15.8 Å². The van der Waals surface area contributed by atoms with E-state index < -0.39 is 0 Å². The highest BCUT2D eigenvalue weighted by Crippen LogP contribution is 2.13. The van der Waals surface area contributed by atoms with E-state index in [4.69, 9.17) is 10.9 Å². The number of carbonyl (C=O) groups is 1. The van der Waals surface area contributed by atoms with Crippen LogP contribution >= 0.6 is 11.3 Å². The first-order valence-electron chi connectivity index (χ1n) is 6.45. The van der Waals surface area contributed by atoms with Crippen LogP contribution in [0.3, 0.4) is 0 Å². The molecule has 1 aliphatic rings. The summed E-state index contributed by atoms with van der Waals surface area (Å²) in [5.41, 5.74) is 6.12. The number of thiazole rings is 1. The third kappa shape index (κ3) is 3.07. The van der Waals surface area contributed by atoms with Gasteiger partial charge in [0, 0.05) is 31.6 Å². The second-order valence-electron chi connectivity index (χ2n) is 4.78. The number of amides is 1. The van der Waals surface area contributed by atoms with Gasteiger partial charge in [0.2, 0.25) is 0 Å². The van der Waals surface area contributed by atoms with Crippen LogP contribution < -0.4 is 5.73 Å². The lowest BCUT2D eigenvalue weighted by Gasteiger charge is -2.37. The number of piperazine rings is 1. The van der Waals surface area contributed by atoms with Crippen LogP contribution in [0.2, 0.25) is 0 Å². The zero-order chi connectivity index (χ0) is 14.7. The van der Waals surface area contributed by atoms with Crippen molar-refractivity contribution in [3.63, 3.8) is 0 Å². The maximum absolute atomic E-state index is 12.2. The van der Waals surface area contributed by atoms with Gasteiger partial charge in [-0.25, -0.2) is 4.98 Å². The molecule has 2 heterocycles. The second-order valence-corrected chi connectivity index (χ2v) is 5.84. The Kier molecular flexibility index (Phi) is 4.56. The summed E-state index contributed by atoms with van der Waals surface area (Å²) in [5, 5.41) is 14.4. The fraction of sp³-hybridized carbons (Fsp3) is 0.583. The fourth-order valence-corrected chi connectivity index (χ4v) is 2.79. The van der Waals surface area contributed by atoms with Crippen molar-refractivity contribution in [3.05, 3.63) is 16.1 Å². The third-order valence-corrected chi connectivity index (χ3v) is 4.30. The molecule has 1 atom stereocenters. The highest BCUT2D eigenvalue weighted by atomic mass is 32.1. The van der Waals surface area contributed by atoms with Gasteiger partial charge in [0.15, 0.2) is 5.84 Å². The zero-order valence-corrected chi connectivity index (χ0v) is 12.4. The summed E-state index contributed by atoms with van der Waals surface area (Å²) in [4.78, 5) is 20.3. The van der Waals surface area contributed by atoms with Crippen LogP contribution in [-0.4, -0.2) is 64.0 Å². The van der Waals surface area contributed by atoms with E-state index in [2.05, 4.69) is 15.0 Å². The van der Waals surface area contributed by atoms with Crippen molar-refractivity contribution in [1.29, 1.82) is 0 Å². The van der Waals surface area contributed by atoms with Crippen LogP contribution in [0.4, 0.5) is 0 Å². The number of nitrogens with two attached hydrogens (primary N) is 1. The summed E-state index contributed by atoms with van der Waals surface area (Å²) in [7, 11) is 0. The Morgan fingerprint density at radius 2 is 2.15 bits per heavy atom. The number of aryl methyl sites for hydroxylation is 1. The van der Waals surface area contributed by atoms with E-state index in [-0.39, 0.29) is 17.8 Å². The molecule has 1 saturated heterocycles. The zero-order valence-electron chi connectivity index (χ0n) is 11.6. The standard InChI is InChI=1S/C12H19N5O2S/c1-8(11(13)15-19)16-3-5-17(6-4-16)12(18)10-7-20-9(2)14-10/h7-8,19H,3-6H2,1-2H3,(H2,13,15). The second kappa shape index (κ2) is 6.19. The van der Waals surface area contributed by atoms with Gasteiger partial charge in [-0.05, 0) is 13.8 Å². The van der Waals surface area contributed by atoms with Crippen LogP contribution in [0, 0.1) is 6.92 Å². The predicted molar refractivity (Wildman–Crippen MR) is 77.2 cm³/mol. The molecule has 0 bridgehead atoms. The van der Waals surface area contributed by atoms with Crippen LogP contribution in [0.1, 0.15) is 22.4 Å². The molecular weight excluding hydrogens is 278 g/mol. The van der Waals surface area contributed by atoms with Crippen molar-refractivity contribution in [2.45, 2.75) is 19.9 Å². The van der Waals surface area contributed by atoms with Gasteiger partial charge in [0.1, 0.15) is 5.69 Å². The summed E-state index contributed by atoms with van der Waals surface area (Å²) >= 11 is 1.48. The quantitative estimate of drug-likeness (QED) is 0.363. The van der Waals surface area contributed by atoms with Crippen LogP contribution in [0.5, 0.6) is 0 Å². The van der Waals surface area contributed by atoms with E-state index in [9.17, 15) is 4.79 Å². The van der Waals surface area contributed by atoms with E-state index in [1.165, 1.54) is 11.3 Å². The Balaban J connectivity index is 1.93. The summed E-state index contributed by atoms with van der Waals surface area (Å²) in [6, 6.07) is -0.126. The third-order valence-electron chi connectivity index (χ3n) is 3.53. The first kappa shape index (κ1) is 14.7. The SMILES string of the molecule is Cc1nc(C(=O)N2CCN(C(C)C(N)=NO)CC2)cs1. The average Bonchev–Trinajstić information content (AvgIpc) is 2.91. The van der Waals surface area contributed by atoms with Gasteiger partial charge in [0.25, 0.3) is 5.91 Å². The number of carbonyl (C=O) groups excluding carboxylic acids is 1. The Morgan fingerprint density at radius 3 is 2.65 bits per heavy atom. The Morgan fingerprint density at radius 1 is 1.50 bits per heavy atom. The molecule has 1 aliphatic heterocycles. The van der Waals surface area contributed by atoms with E-state index in [1.54, 1.807) is 10.3 Å². The van der Waals surface area contributed by atoms with Gasteiger partial charge in [-0.3, -0.25) is 9.69 Å². The van der Waals surface area contributed by atoms with Crippen LogP contribution in [0.25, 0.3) is 0 Å². The molecule has 20 heavy (non-hydrogen) atoms. The van der Waals surface area contributed by atoms with Crippen molar-refractivity contribution in [2.24, 2.45) is 10.9 Å². The Bertz CT molecular complexity index is 508. The molecule has 1 aromatic heterocycles. The molecule has 1 fully saturated rings. The van der Waals surface area contributed by atoms with Gasteiger partial charge in [-0.2, -0.15) is 0 Å². The van der Waals surface area contributed by atoms with Crippen molar-refractivity contribution in [2.75, 3.05) is 26.2 Å². The van der Waals surface area contributed by atoms with E-state index >= 15 is 0 Å². The number of hydrogen-bond donors (Lipinski definition) is 2. The Hall–Kier alpha value is -1.67. The highest BCUT2D eigenvalue weighted by molar-refractivity contribution is 7.09. The Labute approximate surface area is 121 Å². The molecule has 0 aliphatic carbocycles. The minimum Gasteiger partial charge on any atom is -0.409 e. The predicted octanol–water partition coefficient (Wildman–Crippen LogP) is 0.344. The minimum atomic E-state index is -0.126. The summed E-state index contributed by atoms with van der Waals surface area (Å²) in [6.45, 7) is 6.42. The first-order valence-corrected chi connectivity index (χ1v) is 7.33. The first-order chi connectivity index (χ1) is 9.52. The summed E-state index contributed by atoms with van der Waals surface area (Å²) < 4.78 is 0. The maximum Gasteiger partial charge on any atom is 0.273 e. The molecule has 7 nitrogen and oxygen atoms in total. The summed E-state index contributed by atoms with van der Waals surface area (Å²) in [6.07, 6.45) is 0. The fourth-order valence-electron chi connectivity index (χ4n) is 2.21. The summed E-state index contributed by atoms with van der Waals surface area (Å²) in [5.74, 6) is 0.172. The number of aromatic nitrogens is 1. The smallest absolute Gasteiger partial charge is 0.273 e. The monoisotopic (exact) mass is 297 g/mol. The van der Waals surface area contributed by atoms with Crippen molar-refractivity contribution in [3.8, 4) is 0 Å². The lowest BCUT2D eigenvalue weighted by atomic mass is 10.2. The van der Waals surface area contributed by atoms with E-state index in [1.807, 2.05) is 13.8 Å². The molecule has 1 aromatic rings. The molecular formula is C12H19N5O2S. The van der Waals surface area contributed by atoms with Gasteiger partial charge in [-0.1, -0.05) is 5.16 Å². The molecule has 1 unspecified atom stereocenters.